The summed E-state index contributed by atoms with van der Waals surface area (Å²) in [6.07, 6.45) is 0.892. The predicted octanol–water partition coefficient (Wildman–Crippen LogP) is 5.42. The lowest BCUT2D eigenvalue weighted by atomic mass is 9.99. The summed E-state index contributed by atoms with van der Waals surface area (Å²) >= 11 is 12.6. The molecular formula is C22H24Cl2N4O3. The third-order valence-electron chi connectivity index (χ3n) is 5.12. The first-order chi connectivity index (χ1) is 14.7. The molecule has 0 radical (unpaired) electrons. The van der Waals surface area contributed by atoms with E-state index >= 15 is 0 Å². The van der Waals surface area contributed by atoms with Crippen molar-refractivity contribution in [3.63, 3.8) is 0 Å². The number of aromatic nitrogens is 3. The number of nitrogens with zero attached hydrogens (tertiary/aromatic N) is 4. The van der Waals surface area contributed by atoms with Crippen molar-refractivity contribution in [2.24, 2.45) is 0 Å². The van der Waals surface area contributed by atoms with Crippen LogP contribution in [-0.2, 0) is 9.47 Å². The molecule has 0 N–H and O–H groups in total. The first-order valence-corrected chi connectivity index (χ1v) is 10.8. The second-order valence-electron chi connectivity index (χ2n) is 8.49. The summed E-state index contributed by atoms with van der Waals surface area (Å²) in [5.41, 5.74) is 1.83. The monoisotopic (exact) mass is 462 g/mol. The van der Waals surface area contributed by atoms with Gasteiger partial charge in [0.1, 0.15) is 22.2 Å². The van der Waals surface area contributed by atoms with Crippen molar-refractivity contribution in [1.29, 1.82) is 0 Å². The highest BCUT2D eigenvalue weighted by atomic mass is 35.5. The van der Waals surface area contributed by atoms with Crippen LogP contribution >= 0.6 is 23.2 Å². The van der Waals surface area contributed by atoms with Gasteiger partial charge in [0.15, 0.2) is 5.65 Å². The van der Waals surface area contributed by atoms with E-state index in [-0.39, 0.29) is 18.2 Å². The van der Waals surface area contributed by atoms with E-state index in [4.69, 9.17) is 32.7 Å². The zero-order valence-electron chi connectivity index (χ0n) is 17.8. The Balaban J connectivity index is 1.67. The Bertz CT molecular complexity index is 1110. The molecule has 4 rings (SSSR count). The number of morpholine rings is 1. The Morgan fingerprint density at radius 2 is 1.90 bits per heavy atom. The van der Waals surface area contributed by atoms with E-state index in [9.17, 15) is 4.79 Å². The lowest BCUT2D eigenvalue weighted by Gasteiger charge is -2.40. The number of ether oxygens (including phenoxy) is 2. The molecule has 3 aromatic rings. The van der Waals surface area contributed by atoms with E-state index in [0.29, 0.717) is 34.5 Å². The Labute approximate surface area is 190 Å². The molecule has 1 aliphatic heterocycles. The molecule has 0 bridgehead atoms. The van der Waals surface area contributed by atoms with Crippen LogP contribution in [0.1, 0.15) is 39.3 Å². The maximum absolute atomic E-state index is 12.8. The normalized spacial score (nSPS) is 19.6. The molecule has 2 aromatic heterocycles. The fourth-order valence-electron chi connectivity index (χ4n) is 3.82. The molecular weight excluding hydrogens is 439 g/mol. The Kier molecular flexibility index (Phi) is 5.85. The SMILES string of the molecule is C[C@H]1OCCN(C(=O)OC(C)(C)C)[C@@H]1c1ccc(-n2c(Cl)cc3c(Cl)ncnc32)cc1. The molecule has 2 atom stereocenters. The maximum atomic E-state index is 12.8. The molecule has 3 heterocycles. The highest BCUT2D eigenvalue weighted by Crippen LogP contribution is 2.33. The number of hydrogen-bond donors (Lipinski definition) is 0. The molecule has 1 fully saturated rings. The third-order valence-corrected chi connectivity index (χ3v) is 5.70. The maximum Gasteiger partial charge on any atom is 0.410 e. The van der Waals surface area contributed by atoms with Gasteiger partial charge in [0.05, 0.1) is 24.1 Å². The summed E-state index contributed by atoms with van der Waals surface area (Å²) in [7, 11) is 0. The highest BCUT2D eigenvalue weighted by Gasteiger charge is 2.36. The quantitative estimate of drug-likeness (QED) is 0.475. The number of fused-ring (bicyclic) bond motifs is 1. The van der Waals surface area contributed by atoms with Gasteiger partial charge in [-0.2, -0.15) is 0 Å². The van der Waals surface area contributed by atoms with Crippen molar-refractivity contribution in [1.82, 2.24) is 19.4 Å². The molecule has 9 heteroatoms. The first kappa shape index (κ1) is 21.9. The minimum Gasteiger partial charge on any atom is -0.444 e. The fraction of sp³-hybridized carbons (Fsp3) is 0.409. The molecule has 164 valence electrons. The standard InChI is InChI=1S/C22H24Cl2N4O3/c1-13-18(27(9-10-30-13)21(29)31-22(2,3)4)14-5-7-15(8-6-14)28-17(23)11-16-19(24)25-12-26-20(16)28/h5-8,11-13,18H,9-10H2,1-4H3/t13-,18+/m1/s1. The molecule has 1 aromatic carbocycles. The van der Waals surface area contributed by atoms with Gasteiger partial charge in [-0.1, -0.05) is 35.3 Å². The summed E-state index contributed by atoms with van der Waals surface area (Å²) in [6, 6.07) is 9.29. The first-order valence-electron chi connectivity index (χ1n) is 10.0. The zero-order valence-corrected chi connectivity index (χ0v) is 19.3. The van der Waals surface area contributed by atoms with E-state index in [1.807, 2.05) is 52.0 Å². The van der Waals surface area contributed by atoms with Crippen molar-refractivity contribution in [2.75, 3.05) is 13.2 Å². The van der Waals surface area contributed by atoms with E-state index < -0.39 is 5.60 Å². The summed E-state index contributed by atoms with van der Waals surface area (Å²) < 4.78 is 13.3. The molecule has 0 aliphatic carbocycles. The Morgan fingerprint density at radius 3 is 2.58 bits per heavy atom. The lowest BCUT2D eigenvalue weighted by molar-refractivity contribution is -0.0698. The Hall–Kier alpha value is -2.35. The average Bonchev–Trinajstić information content (AvgIpc) is 3.04. The molecule has 0 unspecified atom stereocenters. The van der Waals surface area contributed by atoms with Crippen LogP contribution in [0.2, 0.25) is 10.3 Å². The van der Waals surface area contributed by atoms with Crippen LogP contribution < -0.4 is 0 Å². The molecule has 1 saturated heterocycles. The number of carbonyl (C=O) groups excluding carboxylic acids is 1. The summed E-state index contributed by atoms with van der Waals surface area (Å²) in [5.74, 6) is 0. The van der Waals surface area contributed by atoms with Crippen LogP contribution in [0.4, 0.5) is 4.79 Å². The van der Waals surface area contributed by atoms with Gasteiger partial charge in [-0.25, -0.2) is 14.8 Å². The smallest absolute Gasteiger partial charge is 0.410 e. The molecule has 0 saturated carbocycles. The van der Waals surface area contributed by atoms with Gasteiger partial charge in [0.25, 0.3) is 0 Å². The van der Waals surface area contributed by atoms with Crippen LogP contribution in [0, 0.1) is 0 Å². The number of amides is 1. The van der Waals surface area contributed by atoms with Gasteiger partial charge in [-0.15, -0.1) is 0 Å². The van der Waals surface area contributed by atoms with Crippen molar-refractivity contribution in [3.8, 4) is 5.69 Å². The van der Waals surface area contributed by atoms with Crippen LogP contribution in [0.3, 0.4) is 0 Å². The van der Waals surface area contributed by atoms with Gasteiger partial charge in [-0.3, -0.25) is 9.47 Å². The minimum absolute atomic E-state index is 0.172. The van der Waals surface area contributed by atoms with Gasteiger partial charge in [-0.05, 0) is 51.5 Å². The van der Waals surface area contributed by atoms with Crippen LogP contribution in [0.5, 0.6) is 0 Å². The van der Waals surface area contributed by atoms with Gasteiger partial charge in [0.2, 0.25) is 0 Å². The van der Waals surface area contributed by atoms with Crippen molar-refractivity contribution < 1.29 is 14.3 Å². The number of rotatable bonds is 2. The lowest BCUT2D eigenvalue weighted by Crippen LogP contribution is -2.48. The second kappa shape index (κ2) is 8.30. The Morgan fingerprint density at radius 1 is 1.19 bits per heavy atom. The van der Waals surface area contributed by atoms with Crippen LogP contribution in [-0.4, -0.2) is 50.4 Å². The highest BCUT2D eigenvalue weighted by molar-refractivity contribution is 6.36. The molecule has 31 heavy (non-hydrogen) atoms. The van der Waals surface area contributed by atoms with E-state index in [1.165, 1.54) is 6.33 Å². The average molecular weight is 463 g/mol. The van der Waals surface area contributed by atoms with Crippen LogP contribution in [0.25, 0.3) is 16.7 Å². The number of hydrogen-bond acceptors (Lipinski definition) is 5. The predicted molar refractivity (Wildman–Crippen MR) is 120 cm³/mol. The van der Waals surface area contributed by atoms with Gasteiger partial charge in [0, 0.05) is 12.2 Å². The second-order valence-corrected chi connectivity index (χ2v) is 9.24. The molecule has 1 amide bonds. The third kappa shape index (κ3) is 4.35. The molecule has 1 aliphatic rings. The van der Waals surface area contributed by atoms with Crippen molar-refractivity contribution in [2.45, 2.75) is 45.4 Å². The number of halogens is 2. The number of benzene rings is 1. The van der Waals surface area contributed by atoms with E-state index in [1.54, 1.807) is 15.5 Å². The largest absolute Gasteiger partial charge is 0.444 e. The van der Waals surface area contributed by atoms with E-state index in [0.717, 1.165) is 11.3 Å². The van der Waals surface area contributed by atoms with Gasteiger partial charge < -0.3 is 9.47 Å². The minimum atomic E-state index is -0.567. The van der Waals surface area contributed by atoms with Gasteiger partial charge >= 0.3 is 6.09 Å². The van der Waals surface area contributed by atoms with Crippen LogP contribution in [0.15, 0.2) is 36.7 Å². The molecule has 0 spiro atoms. The topological polar surface area (TPSA) is 69.5 Å². The summed E-state index contributed by atoms with van der Waals surface area (Å²) in [5, 5.41) is 1.52. The fourth-order valence-corrected chi connectivity index (χ4v) is 4.29. The summed E-state index contributed by atoms with van der Waals surface area (Å²) in [6.45, 7) is 8.48. The zero-order chi connectivity index (χ0) is 22.3. The number of carbonyl (C=O) groups is 1. The van der Waals surface area contributed by atoms with Crippen molar-refractivity contribution >= 4 is 40.3 Å². The van der Waals surface area contributed by atoms with Crippen molar-refractivity contribution in [3.05, 3.63) is 52.5 Å². The summed E-state index contributed by atoms with van der Waals surface area (Å²) in [4.78, 5) is 22.9. The molecule has 7 nitrogen and oxygen atoms in total. The van der Waals surface area contributed by atoms with E-state index in [2.05, 4.69) is 9.97 Å².